The van der Waals surface area contributed by atoms with Crippen LogP contribution in [0.5, 0.6) is 0 Å². The number of halogens is 3. The third-order valence-electron chi connectivity index (χ3n) is 4.76. The minimum Gasteiger partial charge on any atom is -0.324 e. The van der Waals surface area contributed by atoms with Gasteiger partial charge in [0.2, 0.25) is 5.91 Å². The van der Waals surface area contributed by atoms with Gasteiger partial charge in [-0.1, -0.05) is 48.0 Å². The summed E-state index contributed by atoms with van der Waals surface area (Å²) in [6, 6.07) is 15.9. The average Bonchev–Trinajstić information content (AvgIpc) is 2.84. The van der Waals surface area contributed by atoms with Crippen LogP contribution in [0.3, 0.4) is 0 Å². The van der Waals surface area contributed by atoms with E-state index in [1.807, 2.05) is 0 Å². The Kier molecular flexibility index (Phi) is 5.03. The molecule has 1 N–H and O–H groups in total. The second-order valence-electron chi connectivity index (χ2n) is 6.62. The van der Waals surface area contributed by atoms with E-state index in [-0.39, 0.29) is 17.1 Å². The predicted octanol–water partition coefficient (Wildman–Crippen LogP) is 4.80. The first kappa shape index (κ1) is 19.1. The number of rotatable bonds is 2. The largest absolute Gasteiger partial charge is 0.324 e. The van der Waals surface area contributed by atoms with Gasteiger partial charge in [0.25, 0.3) is 5.91 Å². The SMILES string of the molecule is O=C1CN(C(=O)c2c(F)cccc2Cl)[C@@H](c2ccccc2)c2cc(F)ccc2N1. The smallest absolute Gasteiger partial charge is 0.259 e. The number of nitrogens with one attached hydrogen (secondary N) is 1. The van der Waals surface area contributed by atoms with Crippen LogP contribution in [0.2, 0.25) is 5.02 Å². The molecular weight excluding hydrogens is 398 g/mol. The van der Waals surface area contributed by atoms with Crippen molar-refractivity contribution in [1.82, 2.24) is 4.90 Å². The van der Waals surface area contributed by atoms with E-state index in [0.717, 1.165) is 6.07 Å². The van der Waals surface area contributed by atoms with E-state index in [0.29, 0.717) is 16.8 Å². The van der Waals surface area contributed by atoms with Gasteiger partial charge in [0, 0.05) is 11.3 Å². The fourth-order valence-electron chi connectivity index (χ4n) is 3.51. The van der Waals surface area contributed by atoms with Gasteiger partial charge in [-0.05, 0) is 35.9 Å². The first-order chi connectivity index (χ1) is 14.0. The molecule has 146 valence electrons. The van der Waals surface area contributed by atoms with E-state index in [4.69, 9.17) is 11.6 Å². The van der Waals surface area contributed by atoms with E-state index in [2.05, 4.69) is 5.32 Å². The molecule has 4 rings (SSSR count). The van der Waals surface area contributed by atoms with Crippen LogP contribution < -0.4 is 5.32 Å². The van der Waals surface area contributed by atoms with Gasteiger partial charge in [0.1, 0.15) is 18.2 Å². The number of hydrogen-bond donors (Lipinski definition) is 1. The second kappa shape index (κ2) is 7.64. The highest BCUT2D eigenvalue weighted by molar-refractivity contribution is 6.34. The number of hydrogen-bond acceptors (Lipinski definition) is 2. The van der Waals surface area contributed by atoms with Crippen molar-refractivity contribution in [3.8, 4) is 0 Å². The van der Waals surface area contributed by atoms with Crippen molar-refractivity contribution in [2.45, 2.75) is 6.04 Å². The van der Waals surface area contributed by atoms with Crippen LogP contribution in [-0.2, 0) is 4.79 Å². The highest BCUT2D eigenvalue weighted by Crippen LogP contribution is 2.37. The van der Waals surface area contributed by atoms with Crippen molar-refractivity contribution >= 4 is 29.1 Å². The maximum Gasteiger partial charge on any atom is 0.259 e. The predicted molar refractivity (Wildman–Crippen MR) is 106 cm³/mol. The maximum atomic E-state index is 14.5. The summed E-state index contributed by atoms with van der Waals surface area (Å²) in [5.74, 6) is -2.54. The highest BCUT2D eigenvalue weighted by atomic mass is 35.5. The standard InChI is InChI=1S/C22H15ClF2N2O2/c23-16-7-4-8-17(25)20(16)22(29)27-12-19(28)26-18-10-9-14(24)11-15(18)21(27)13-5-2-1-3-6-13/h1-11,21H,12H2,(H,26,28)/t21-/m0/s1. The summed E-state index contributed by atoms with van der Waals surface area (Å²) in [5, 5.41) is 2.62. The molecule has 0 bridgehead atoms. The molecular formula is C22H15ClF2N2O2. The Morgan fingerprint density at radius 1 is 1.03 bits per heavy atom. The zero-order valence-corrected chi connectivity index (χ0v) is 15.8. The molecule has 29 heavy (non-hydrogen) atoms. The number of fused-ring (bicyclic) bond motifs is 1. The molecule has 0 saturated heterocycles. The van der Waals surface area contributed by atoms with Gasteiger partial charge in [-0.15, -0.1) is 0 Å². The molecule has 0 aromatic heterocycles. The zero-order valence-electron chi connectivity index (χ0n) is 15.0. The van der Waals surface area contributed by atoms with Gasteiger partial charge in [0.05, 0.1) is 16.6 Å². The summed E-state index contributed by atoms with van der Waals surface area (Å²) >= 11 is 6.09. The van der Waals surface area contributed by atoms with E-state index in [1.165, 1.54) is 35.2 Å². The van der Waals surface area contributed by atoms with Crippen molar-refractivity contribution in [3.05, 3.63) is 100 Å². The summed E-state index contributed by atoms with van der Waals surface area (Å²) in [6.45, 7) is -0.348. The molecule has 7 heteroatoms. The molecule has 0 spiro atoms. The van der Waals surface area contributed by atoms with Crippen LogP contribution in [0.25, 0.3) is 0 Å². The quantitative estimate of drug-likeness (QED) is 0.657. The van der Waals surface area contributed by atoms with Crippen molar-refractivity contribution in [2.24, 2.45) is 0 Å². The molecule has 1 heterocycles. The number of amides is 2. The number of anilines is 1. The van der Waals surface area contributed by atoms with Gasteiger partial charge in [-0.2, -0.15) is 0 Å². The Labute approximate surface area is 170 Å². The van der Waals surface area contributed by atoms with Gasteiger partial charge < -0.3 is 10.2 Å². The number of carbonyl (C=O) groups is 2. The van der Waals surface area contributed by atoms with E-state index in [9.17, 15) is 18.4 Å². The molecule has 1 aliphatic heterocycles. The molecule has 0 fully saturated rings. The van der Waals surface area contributed by atoms with Gasteiger partial charge in [-0.3, -0.25) is 9.59 Å². The molecule has 1 aliphatic rings. The number of carbonyl (C=O) groups excluding carboxylic acids is 2. The van der Waals surface area contributed by atoms with Crippen molar-refractivity contribution in [2.75, 3.05) is 11.9 Å². The molecule has 0 saturated carbocycles. The zero-order chi connectivity index (χ0) is 20.5. The summed E-state index contributed by atoms with van der Waals surface area (Å²) in [5.41, 5.74) is 1.10. The Morgan fingerprint density at radius 2 is 1.79 bits per heavy atom. The molecule has 0 unspecified atom stereocenters. The lowest BCUT2D eigenvalue weighted by Crippen LogP contribution is -2.39. The minimum atomic E-state index is -0.816. The van der Waals surface area contributed by atoms with Crippen molar-refractivity contribution < 1.29 is 18.4 Å². The molecule has 4 nitrogen and oxygen atoms in total. The Hall–Kier alpha value is -3.25. The summed E-state index contributed by atoms with van der Waals surface area (Å²) in [7, 11) is 0. The molecule has 0 aliphatic carbocycles. The lowest BCUT2D eigenvalue weighted by Gasteiger charge is -2.31. The van der Waals surface area contributed by atoms with Crippen LogP contribution in [-0.4, -0.2) is 23.3 Å². The van der Waals surface area contributed by atoms with Gasteiger partial charge in [-0.25, -0.2) is 8.78 Å². The second-order valence-corrected chi connectivity index (χ2v) is 7.03. The summed E-state index contributed by atoms with van der Waals surface area (Å²) < 4.78 is 28.5. The maximum absolute atomic E-state index is 14.5. The third-order valence-corrected chi connectivity index (χ3v) is 5.08. The molecule has 1 atom stereocenters. The van der Waals surface area contributed by atoms with Crippen LogP contribution in [0.15, 0.2) is 66.7 Å². The highest BCUT2D eigenvalue weighted by Gasteiger charge is 2.35. The third kappa shape index (κ3) is 3.59. The first-order valence-electron chi connectivity index (χ1n) is 8.85. The Bertz CT molecular complexity index is 1080. The molecule has 2 amide bonds. The molecule has 0 radical (unpaired) electrons. The lowest BCUT2D eigenvalue weighted by atomic mass is 9.95. The normalized spacial score (nSPS) is 16.0. The van der Waals surface area contributed by atoms with Crippen LogP contribution in [0, 0.1) is 11.6 Å². The summed E-state index contributed by atoms with van der Waals surface area (Å²) in [6.07, 6.45) is 0. The topological polar surface area (TPSA) is 49.4 Å². The van der Waals surface area contributed by atoms with E-state index < -0.39 is 29.5 Å². The fraction of sp³-hybridized carbons (Fsp3) is 0.0909. The fourth-order valence-corrected chi connectivity index (χ4v) is 3.75. The van der Waals surface area contributed by atoms with Crippen LogP contribution in [0.4, 0.5) is 14.5 Å². The Morgan fingerprint density at radius 3 is 2.52 bits per heavy atom. The lowest BCUT2D eigenvalue weighted by molar-refractivity contribution is -0.117. The minimum absolute atomic E-state index is 0.0640. The first-order valence-corrected chi connectivity index (χ1v) is 9.22. The monoisotopic (exact) mass is 412 g/mol. The van der Waals surface area contributed by atoms with Crippen LogP contribution >= 0.6 is 11.6 Å². The van der Waals surface area contributed by atoms with Crippen LogP contribution in [0.1, 0.15) is 27.5 Å². The van der Waals surface area contributed by atoms with Gasteiger partial charge >= 0.3 is 0 Å². The number of nitrogens with zero attached hydrogens (tertiary/aromatic N) is 1. The van der Waals surface area contributed by atoms with E-state index in [1.54, 1.807) is 30.3 Å². The van der Waals surface area contributed by atoms with Crippen molar-refractivity contribution in [1.29, 1.82) is 0 Å². The van der Waals surface area contributed by atoms with Gasteiger partial charge in [0.15, 0.2) is 0 Å². The van der Waals surface area contributed by atoms with Crippen molar-refractivity contribution in [3.63, 3.8) is 0 Å². The summed E-state index contributed by atoms with van der Waals surface area (Å²) in [4.78, 5) is 27.1. The molecule has 3 aromatic carbocycles. The van der Waals surface area contributed by atoms with E-state index >= 15 is 0 Å². The average molecular weight is 413 g/mol. The molecule has 3 aromatic rings. The number of benzene rings is 3. The Balaban J connectivity index is 1.93.